The van der Waals surface area contributed by atoms with Gasteiger partial charge >= 0.3 is 0 Å². The van der Waals surface area contributed by atoms with Crippen LogP contribution in [-0.4, -0.2) is 20.3 Å². The van der Waals surface area contributed by atoms with Crippen LogP contribution in [0.1, 0.15) is 0 Å². The molecule has 2 aromatic rings. The number of para-hydroxylation sites is 2. The highest BCUT2D eigenvalue weighted by Gasteiger charge is 2.02. The average Bonchev–Trinajstić information content (AvgIpc) is 2.54. The molecule has 0 aromatic heterocycles. The molecule has 0 atom stereocenters. The number of hydrogen-bond acceptors (Lipinski definition) is 4. The van der Waals surface area contributed by atoms with E-state index in [0.29, 0.717) is 0 Å². The summed E-state index contributed by atoms with van der Waals surface area (Å²) in [6.45, 7) is 4.05. The van der Waals surface area contributed by atoms with Gasteiger partial charge in [-0.15, -0.1) is 0 Å². The van der Waals surface area contributed by atoms with E-state index >= 15 is 0 Å². The van der Waals surface area contributed by atoms with Crippen molar-refractivity contribution in [2.24, 2.45) is 5.10 Å². The summed E-state index contributed by atoms with van der Waals surface area (Å²) in [5.74, 6) is 0. The van der Waals surface area contributed by atoms with E-state index in [1.807, 2.05) is 67.6 Å². The van der Waals surface area contributed by atoms with Crippen LogP contribution in [0.4, 0.5) is 11.4 Å². The van der Waals surface area contributed by atoms with Crippen molar-refractivity contribution in [3.05, 3.63) is 66.1 Å². The highest BCUT2D eigenvalue weighted by molar-refractivity contribution is 8.04. The molecule has 0 amide bonds. The van der Waals surface area contributed by atoms with Crippen molar-refractivity contribution in [3.63, 3.8) is 0 Å². The first-order valence-electron chi connectivity index (χ1n) is 6.67. The van der Waals surface area contributed by atoms with Gasteiger partial charge in [0.15, 0.2) is 0 Å². The second kappa shape index (κ2) is 7.55. The van der Waals surface area contributed by atoms with Crippen LogP contribution in [0.3, 0.4) is 0 Å². The lowest BCUT2D eigenvalue weighted by molar-refractivity contribution is 1.02. The van der Waals surface area contributed by atoms with E-state index in [-0.39, 0.29) is 0 Å². The lowest BCUT2D eigenvalue weighted by Gasteiger charge is -2.13. The number of nitrogens with zero attached hydrogens (tertiary/aromatic N) is 2. The van der Waals surface area contributed by atoms with Crippen LogP contribution in [-0.2, 0) is 0 Å². The fourth-order valence-electron chi connectivity index (χ4n) is 1.79. The zero-order valence-electron chi connectivity index (χ0n) is 12.3. The van der Waals surface area contributed by atoms with Crippen LogP contribution < -0.4 is 10.3 Å². The predicted molar refractivity (Wildman–Crippen MR) is 94.3 cm³/mol. The maximum absolute atomic E-state index is 4.41. The average molecular weight is 297 g/mol. The normalized spacial score (nSPS) is 10.6. The molecule has 2 aromatic carbocycles. The first kappa shape index (κ1) is 15.2. The van der Waals surface area contributed by atoms with Crippen LogP contribution in [0, 0.1) is 0 Å². The summed E-state index contributed by atoms with van der Waals surface area (Å²) in [4.78, 5) is 2.03. The number of hydrazone groups is 1. The molecule has 0 fully saturated rings. The van der Waals surface area contributed by atoms with Crippen LogP contribution in [0.25, 0.3) is 0 Å². The van der Waals surface area contributed by atoms with Gasteiger partial charge in [0.1, 0.15) is 0 Å². The topological polar surface area (TPSA) is 27.6 Å². The predicted octanol–water partition coefficient (Wildman–Crippen LogP) is 4.46. The van der Waals surface area contributed by atoms with Crippen LogP contribution in [0.5, 0.6) is 0 Å². The number of hydrogen-bond donors (Lipinski definition) is 1. The van der Waals surface area contributed by atoms with Gasteiger partial charge in [-0.3, -0.25) is 5.01 Å². The Labute approximate surface area is 130 Å². The maximum atomic E-state index is 4.41. The van der Waals surface area contributed by atoms with Crippen molar-refractivity contribution < 1.29 is 0 Å². The minimum Gasteiger partial charge on any atom is -0.387 e. The third kappa shape index (κ3) is 4.39. The fourth-order valence-corrected chi connectivity index (χ4v) is 2.60. The van der Waals surface area contributed by atoms with Crippen molar-refractivity contribution in [2.75, 3.05) is 24.4 Å². The van der Waals surface area contributed by atoms with E-state index in [2.05, 4.69) is 23.1 Å². The SMILES string of the molecule is C=C(C=NN(C)c1ccccc1)Sc1ccccc1NC. The first-order valence-corrected chi connectivity index (χ1v) is 7.48. The monoisotopic (exact) mass is 297 g/mol. The minimum absolute atomic E-state index is 0.889. The Kier molecular flexibility index (Phi) is 5.46. The Morgan fingerprint density at radius 3 is 2.52 bits per heavy atom. The van der Waals surface area contributed by atoms with Gasteiger partial charge in [0, 0.05) is 29.6 Å². The van der Waals surface area contributed by atoms with E-state index in [4.69, 9.17) is 0 Å². The third-order valence-corrected chi connectivity index (χ3v) is 3.85. The molecule has 3 nitrogen and oxygen atoms in total. The molecule has 0 aliphatic carbocycles. The molecule has 1 N–H and O–H groups in total. The number of allylic oxidation sites excluding steroid dienone is 1. The van der Waals surface area contributed by atoms with Gasteiger partial charge in [0.25, 0.3) is 0 Å². The van der Waals surface area contributed by atoms with Crippen molar-refractivity contribution in [2.45, 2.75) is 4.90 Å². The molecule has 108 valence electrons. The lowest BCUT2D eigenvalue weighted by Crippen LogP contribution is -2.08. The molecular formula is C17H19N3S. The third-order valence-electron chi connectivity index (χ3n) is 2.90. The van der Waals surface area contributed by atoms with Gasteiger partial charge in [-0.1, -0.05) is 48.7 Å². The summed E-state index contributed by atoms with van der Waals surface area (Å²) in [5, 5.41) is 9.42. The Morgan fingerprint density at radius 2 is 1.81 bits per heavy atom. The summed E-state index contributed by atoms with van der Waals surface area (Å²) >= 11 is 1.60. The number of nitrogens with one attached hydrogen (secondary N) is 1. The quantitative estimate of drug-likeness (QED) is 0.485. The molecule has 0 unspecified atom stereocenters. The van der Waals surface area contributed by atoms with Gasteiger partial charge in [0.05, 0.1) is 11.9 Å². The molecule has 0 bridgehead atoms. The van der Waals surface area contributed by atoms with Gasteiger partial charge in [-0.05, 0) is 24.3 Å². The number of rotatable bonds is 6. The standard InChI is InChI=1S/C17H19N3S/c1-14(21-17-12-8-7-11-16(17)18-2)13-19-20(3)15-9-5-4-6-10-15/h4-13,18H,1H2,2-3H3. The van der Waals surface area contributed by atoms with Crippen molar-refractivity contribution in [3.8, 4) is 0 Å². The molecule has 4 heteroatoms. The molecule has 0 spiro atoms. The number of benzene rings is 2. The molecule has 21 heavy (non-hydrogen) atoms. The van der Waals surface area contributed by atoms with E-state index < -0.39 is 0 Å². The smallest absolute Gasteiger partial charge is 0.0608 e. The Balaban J connectivity index is 2.00. The summed E-state index contributed by atoms with van der Waals surface area (Å²) in [5.41, 5.74) is 2.13. The number of thioether (sulfide) groups is 1. The van der Waals surface area contributed by atoms with E-state index in [0.717, 1.165) is 21.2 Å². The number of anilines is 2. The first-order chi connectivity index (χ1) is 10.2. The van der Waals surface area contributed by atoms with Crippen molar-refractivity contribution >= 4 is 29.4 Å². The Bertz CT molecular complexity index is 623. The fraction of sp³-hybridized carbons (Fsp3) is 0.118. The second-order valence-electron chi connectivity index (χ2n) is 4.42. The van der Waals surface area contributed by atoms with E-state index in [1.165, 1.54) is 0 Å². The zero-order valence-corrected chi connectivity index (χ0v) is 13.1. The zero-order chi connectivity index (χ0) is 15.1. The van der Waals surface area contributed by atoms with Gasteiger partial charge < -0.3 is 5.32 Å². The van der Waals surface area contributed by atoms with Crippen LogP contribution in [0.15, 0.2) is 76.1 Å². The molecule has 0 aliphatic heterocycles. The summed E-state index contributed by atoms with van der Waals surface area (Å²) < 4.78 is 0. The van der Waals surface area contributed by atoms with Gasteiger partial charge in [-0.25, -0.2) is 0 Å². The molecule has 0 aliphatic rings. The highest BCUT2D eigenvalue weighted by atomic mass is 32.2. The second-order valence-corrected chi connectivity index (χ2v) is 5.59. The highest BCUT2D eigenvalue weighted by Crippen LogP contribution is 2.30. The molecule has 0 saturated heterocycles. The summed E-state index contributed by atoms with van der Waals surface area (Å²) in [6.07, 6.45) is 1.78. The molecular weight excluding hydrogens is 278 g/mol. The molecule has 0 radical (unpaired) electrons. The molecule has 0 heterocycles. The minimum atomic E-state index is 0.889. The Hall–Kier alpha value is -2.20. The summed E-state index contributed by atoms with van der Waals surface area (Å²) in [6, 6.07) is 18.2. The largest absolute Gasteiger partial charge is 0.387 e. The molecule has 0 saturated carbocycles. The molecule has 2 rings (SSSR count). The Morgan fingerprint density at radius 1 is 1.14 bits per heavy atom. The van der Waals surface area contributed by atoms with E-state index in [1.54, 1.807) is 18.0 Å². The maximum Gasteiger partial charge on any atom is 0.0608 e. The van der Waals surface area contributed by atoms with Crippen molar-refractivity contribution in [1.82, 2.24) is 0 Å². The van der Waals surface area contributed by atoms with Gasteiger partial charge in [0.2, 0.25) is 0 Å². The van der Waals surface area contributed by atoms with Crippen LogP contribution >= 0.6 is 11.8 Å². The van der Waals surface area contributed by atoms with Gasteiger partial charge in [-0.2, -0.15) is 5.10 Å². The lowest BCUT2D eigenvalue weighted by atomic mass is 10.3. The van der Waals surface area contributed by atoms with Crippen LogP contribution in [0.2, 0.25) is 0 Å². The van der Waals surface area contributed by atoms with Crippen molar-refractivity contribution in [1.29, 1.82) is 0 Å². The van der Waals surface area contributed by atoms with E-state index in [9.17, 15) is 0 Å². The summed E-state index contributed by atoms with van der Waals surface area (Å²) in [7, 11) is 3.84.